The summed E-state index contributed by atoms with van der Waals surface area (Å²) in [6.07, 6.45) is 0.0271. The molecule has 20 heavy (non-hydrogen) atoms. The van der Waals surface area contributed by atoms with E-state index in [1.165, 1.54) is 0 Å². The van der Waals surface area contributed by atoms with Crippen LogP contribution in [0.3, 0.4) is 0 Å². The Balaban J connectivity index is 3.20. The number of ketones is 1. The molecule has 1 aromatic rings. The monoisotopic (exact) mass is 314 g/mol. The van der Waals surface area contributed by atoms with E-state index in [-0.39, 0.29) is 11.9 Å². The maximum atomic E-state index is 12.5. The Hall–Kier alpha value is -0.670. The fraction of sp³-hybridized carbons (Fsp3) is 0.562. The van der Waals surface area contributed by atoms with Gasteiger partial charge in [-0.2, -0.15) is 11.8 Å². The first-order chi connectivity index (χ1) is 9.23. The number of Topliss-reactive ketones (excluding diaryl/α,β-unsaturated/α-hetero) is 1. The van der Waals surface area contributed by atoms with Crippen LogP contribution >= 0.6 is 23.4 Å². The van der Waals surface area contributed by atoms with E-state index in [0.29, 0.717) is 27.3 Å². The van der Waals surface area contributed by atoms with Crippen molar-refractivity contribution < 1.29 is 9.53 Å². The molecule has 0 atom stereocenters. The van der Waals surface area contributed by atoms with Crippen molar-refractivity contribution in [3.63, 3.8) is 0 Å². The Bertz CT molecular complexity index is 496. The molecule has 0 aromatic heterocycles. The maximum Gasteiger partial charge on any atom is 0.176 e. The summed E-state index contributed by atoms with van der Waals surface area (Å²) in [7, 11) is 0. The minimum absolute atomic E-state index is 0.0271. The van der Waals surface area contributed by atoms with E-state index < -0.39 is 0 Å². The third-order valence-corrected chi connectivity index (χ3v) is 4.51. The van der Waals surface area contributed by atoms with Crippen LogP contribution in [-0.2, 0) is 0 Å². The van der Waals surface area contributed by atoms with E-state index in [4.69, 9.17) is 16.3 Å². The highest BCUT2D eigenvalue weighted by Crippen LogP contribution is 2.33. The molecule has 112 valence electrons. The SMILES string of the molecule is Cc1cc(OC(C)C)c(C(=O)CSC(C)C)c(C)c1Cl. The molecule has 0 saturated carbocycles. The summed E-state index contributed by atoms with van der Waals surface area (Å²) in [5.74, 6) is 1.18. The van der Waals surface area contributed by atoms with Crippen LogP contribution in [0.5, 0.6) is 5.75 Å². The number of benzene rings is 1. The third-order valence-electron chi connectivity index (χ3n) is 2.83. The standard InChI is InChI=1S/C16H23ClO2S/c1-9(2)19-14-7-11(5)16(17)12(6)15(14)13(18)8-20-10(3)4/h7,9-10H,8H2,1-6H3. The lowest BCUT2D eigenvalue weighted by Crippen LogP contribution is -2.14. The fourth-order valence-electron chi connectivity index (χ4n) is 1.93. The topological polar surface area (TPSA) is 26.3 Å². The Morgan fingerprint density at radius 1 is 1.30 bits per heavy atom. The van der Waals surface area contributed by atoms with Crippen molar-refractivity contribution in [2.45, 2.75) is 52.9 Å². The lowest BCUT2D eigenvalue weighted by molar-refractivity contribution is 0.101. The van der Waals surface area contributed by atoms with Gasteiger partial charge in [0.05, 0.1) is 17.4 Å². The molecule has 0 saturated heterocycles. The minimum atomic E-state index is 0.0271. The summed E-state index contributed by atoms with van der Waals surface area (Å²) in [5.41, 5.74) is 2.38. The van der Waals surface area contributed by atoms with Crippen molar-refractivity contribution in [3.05, 3.63) is 27.8 Å². The van der Waals surface area contributed by atoms with Gasteiger partial charge < -0.3 is 4.74 Å². The van der Waals surface area contributed by atoms with Gasteiger partial charge in [0.1, 0.15) is 5.75 Å². The average Bonchev–Trinajstić information content (AvgIpc) is 2.32. The van der Waals surface area contributed by atoms with E-state index in [1.807, 2.05) is 33.8 Å². The second kappa shape index (κ2) is 7.37. The predicted molar refractivity (Wildman–Crippen MR) is 88.6 cm³/mol. The summed E-state index contributed by atoms with van der Waals surface area (Å²) in [4.78, 5) is 12.5. The number of hydrogen-bond donors (Lipinski definition) is 0. The zero-order valence-corrected chi connectivity index (χ0v) is 14.6. The molecule has 0 unspecified atom stereocenters. The number of hydrogen-bond acceptors (Lipinski definition) is 3. The van der Waals surface area contributed by atoms with Gasteiger partial charge >= 0.3 is 0 Å². The molecule has 0 fully saturated rings. The highest BCUT2D eigenvalue weighted by Gasteiger charge is 2.20. The van der Waals surface area contributed by atoms with E-state index in [9.17, 15) is 4.79 Å². The van der Waals surface area contributed by atoms with E-state index in [2.05, 4.69) is 13.8 Å². The van der Waals surface area contributed by atoms with Gasteiger partial charge in [-0.25, -0.2) is 0 Å². The highest BCUT2D eigenvalue weighted by molar-refractivity contribution is 8.00. The zero-order chi connectivity index (χ0) is 15.4. The first-order valence-corrected chi connectivity index (χ1v) is 8.27. The van der Waals surface area contributed by atoms with Crippen LogP contribution in [0, 0.1) is 13.8 Å². The summed E-state index contributed by atoms with van der Waals surface area (Å²) in [6, 6.07) is 1.86. The number of ether oxygens (including phenoxy) is 1. The fourth-order valence-corrected chi connectivity index (χ4v) is 2.71. The molecule has 1 rings (SSSR count). The van der Waals surface area contributed by atoms with E-state index in [0.717, 1.165) is 11.1 Å². The van der Waals surface area contributed by atoms with Crippen LogP contribution in [0.25, 0.3) is 0 Å². The maximum absolute atomic E-state index is 12.5. The van der Waals surface area contributed by atoms with Gasteiger partial charge in [0.25, 0.3) is 0 Å². The smallest absolute Gasteiger partial charge is 0.176 e. The van der Waals surface area contributed by atoms with Crippen molar-refractivity contribution >= 4 is 29.1 Å². The van der Waals surface area contributed by atoms with Gasteiger partial charge in [-0.05, 0) is 50.1 Å². The Labute approximate surface area is 131 Å². The molecule has 0 amide bonds. The summed E-state index contributed by atoms with van der Waals surface area (Å²) in [6.45, 7) is 11.9. The molecular weight excluding hydrogens is 292 g/mol. The van der Waals surface area contributed by atoms with Crippen LogP contribution in [0.15, 0.2) is 6.07 Å². The van der Waals surface area contributed by atoms with E-state index >= 15 is 0 Å². The number of rotatable bonds is 6. The quantitative estimate of drug-likeness (QED) is 0.686. The Morgan fingerprint density at radius 3 is 2.40 bits per heavy atom. The molecule has 0 radical (unpaired) electrons. The van der Waals surface area contributed by atoms with Gasteiger partial charge in [0.15, 0.2) is 5.78 Å². The van der Waals surface area contributed by atoms with Gasteiger partial charge in [0.2, 0.25) is 0 Å². The van der Waals surface area contributed by atoms with Crippen molar-refractivity contribution in [1.29, 1.82) is 0 Å². The molecule has 4 heteroatoms. The van der Waals surface area contributed by atoms with Crippen LogP contribution in [0.2, 0.25) is 5.02 Å². The Kier molecular flexibility index (Phi) is 6.41. The van der Waals surface area contributed by atoms with Crippen molar-refractivity contribution in [2.75, 3.05) is 5.75 Å². The largest absolute Gasteiger partial charge is 0.490 e. The average molecular weight is 315 g/mol. The second-order valence-electron chi connectivity index (χ2n) is 5.46. The summed E-state index contributed by atoms with van der Waals surface area (Å²) in [5, 5.41) is 1.08. The first kappa shape index (κ1) is 17.4. The van der Waals surface area contributed by atoms with Crippen LogP contribution in [-0.4, -0.2) is 22.9 Å². The molecule has 0 aliphatic rings. The van der Waals surface area contributed by atoms with Gasteiger partial charge in [-0.1, -0.05) is 25.4 Å². The first-order valence-electron chi connectivity index (χ1n) is 6.85. The number of aryl methyl sites for hydroxylation is 1. The molecule has 1 aromatic carbocycles. The second-order valence-corrected chi connectivity index (χ2v) is 7.40. The normalized spacial score (nSPS) is 11.2. The van der Waals surface area contributed by atoms with Crippen molar-refractivity contribution in [3.8, 4) is 5.75 Å². The van der Waals surface area contributed by atoms with Gasteiger partial charge in [-0.15, -0.1) is 0 Å². The number of carbonyl (C=O) groups excluding carboxylic acids is 1. The summed E-state index contributed by atoms with van der Waals surface area (Å²) >= 11 is 7.92. The molecule has 0 spiro atoms. The molecule has 2 nitrogen and oxygen atoms in total. The molecule has 0 aliphatic carbocycles. The van der Waals surface area contributed by atoms with Crippen molar-refractivity contribution in [1.82, 2.24) is 0 Å². The van der Waals surface area contributed by atoms with Gasteiger partial charge in [0, 0.05) is 5.02 Å². The summed E-state index contributed by atoms with van der Waals surface area (Å²) < 4.78 is 5.80. The lowest BCUT2D eigenvalue weighted by Gasteiger charge is -2.18. The Morgan fingerprint density at radius 2 is 1.90 bits per heavy atom. The van der Waals surface area contributed by atoms with Crippen LogP contribution in [0.4, 0.5) is 0 Å². The molecule has 0 N–H and O–H groups in total. The van der Waals surface area contributed by atoms with Gasteiger partial charge in [-0.3, -0.25) is 4.79 Å². The molecule has 0 heterocycles. The number of thioether (sulfide) groups is 1. The molecule has 0 bridgehead atoms. The molecule has 0 aliphatic heterocycles. The zero-order valence-electron chi connectivity index (χ0n) is 13.0. The van der Waals surface area contributed by atoms with Crippen LogP contribution < -0.4 is 4.74 Å². The third kappa shape index (κ3) is 4.42. The van der Waals surface area contributed by atoms with E-state index in [1.54, 1.807) is 11.8 Å². The highest BCUT2D eigenvalue weighted by atomic mass is 35.5. The van der Waals surface area contributed by atoms with Crippen LogP contribution in [0.1, 0.15) is 49.2 Å². The number of carbonyl (C=O) groups is 1. The predicted octanol–water partition coefficient (Wildman–Crippen LogP) is 5.07. The molecular formula is C16H23ClO2S. The lowest BCUT2D eigenvalue weighted by atomic mass is 10.0. The minimum Gasteiger partial charge on any atom is -0.490 e. The van der Waals surface area contributed by atoms with Crippen molar-refractivity contribution in [2.24, 2.45) is 0 Å². The number of halogens is 1.